The molecule has 0 bridgehead atoms. The highest BCUT2D eigenvalue weighted by molar-refractivity contribution is 5.37. The van der Waals surface area contributed by atoms with Crippen LogP contribution < -0.4 is 5.73 Å². The number of rotatable bonds is 2. The Labute approximate surface area is 114 Å². The summed E-state index contributed by atoms with van der Waals surface area (Å²) in [5.74, 6) is 6.23. The minimum absolute atomic E-state index is 0.164. The van der Waals surface area contributed by atoms with Crippen LogP contribution in [0.3, 0.4) is 0 Å². The van der Waals surface area contributed by atoms with E-state index in [2.05, 4.69) is 23.7 Å². The van der Waals surface area contributed by atoms with Crippen molar-refractivity contribution in [3.05, 3.63) is 35.1 Å². The molecule has 0 saturated carbocycles. The van der Waals surface area contributed by atoms with Crippen LogP contribution in [0.2, 0.25) is 0 Å². The fourth-order valence-corrected chi connectivity index (χ4v) is 2.37. The lowest BCUT2D eigenvalue weighted by atomic mass is 9.98. The first-order chi connectivity index (χ1) is 9.19. The van der Waals surface area contributed by atoms with Crippen LogP contribution in [-0.2, 0) is 6.54 Å². The Morgan fingerprint density at radius 2 is 2.11 bits per heavy atom. The highest BCUT2D eigenvalue weighted by Gasteiger charge is 2.16. The number of hydrogen-bond acceptors (Lipinski definition) is 2. The van der Waals surface area contributed by atoms with E-state index in [4.69, 9.17) is 5.73 Å². The molecule has 1 aliphatic heterocycles. The molecule has 102 valence electrons. The van der Waals surface area contributed by atoms with E-state index in [1.165, 1.54) is 18.9 Å². The zero-order chi connectivity index (χ0) is 13.7. The van der Waals surface area contributed by atoms with Gasteiger partial charge in [-0.2, -0.15) is 0 Å². The van der Waals surface area contributed by atoms with E-state index in [-0.39, 0.29) is 5.82 Å². The Bertz CT molecular complexity index is 479. The number of halogens is 1. The van der Waals surface area contributed by atoms with Gasteiger partial charge >= 0.3 is 0 Å². The Balaban J connectivity index is 2.01. The molecule has 0 aromatic heterocycles. The van der Waals surface area contributed by atoms with Gasteiger partial charge in [0.25, 0.3) is 0 Å². The van der Waals surface area contributed by atoms with Crippen LogP contribution in [0.5, 0.6) is 0 Å². The van der Waals surface area contributed by atoms with Crippen molar-refractivity contribution in [2.24, 2.45) is 11.7 Å². The van der Waals surface area contributed by atoms with E-state index in [0.717, 1.165) is 24.6 Å². The summed E-state index contributed by atoms with van der Waals surface area (Å²) in [6.45, 7) is 5.41. The third-order valence-corrected chi connectivity index (χ3v) is 3.66. The first-order valence-electron chi connectivity index (χ1n) is 6.88. The number of nitrogens with zero attached hydrogens (tertiary/aromatic N) is 1. The molecule has 0 radical (unpaired) electrons. The van der Waals surface area contributed by atoms with Crippen molar-refractivity contribution >= 4 is 0 Å². The summed E-state index contributed by atoms with van der Waals surface area (Å²) in [6.07, 6.45) is 2.42. The Morgan fingerprint density at radius 1 is 1.37 bits per heavy atom. The summed E-state index contributed by atoms with van der Waals surface area (Å²) in [6, 6.07) is 5.21. The Kier molecular flexibility index (Phi) is 4.95. The maximum absolute atomic E-state index is 14.0. The van der Waals surface area contributed by atoms with Gasteiger partial charge in [-0.25, -0.2) is 4.39 Å². The third kappa shape index (κ3) is 4.05. The van der Waals surface area contributed by atoms with Crippen molar-refractivity contribution in [2.75, 3.05) is 19.6 Å². The van der Waals surface area contributed by atoms with Gasteiger partial charge in [-0.05, 0) is 44.0 Å². The molecule has 0 aliphatic carbocycles. The predicted molar refractivity (Wildman–Crippen MR) is 76.0 cm³/mol. The highest BCUT2D eigenvalue weighted by atomic mass is 19.1. The van der Waals surface area contributed by atoms with Gasteiger partial charge in [-0.1, -0.05) is 24.8 Å². The van der Waals surface area contributed by atoms with Crippen molar-refractivity contribution in [1.82, 2.24) is 4.90 Å². The van der Waals surface area contributed by atoms with Gasteiger partial charge in [0.15, 0.2) is 0 Å². The van der Waals surface area contributed by atoms with Crippen molar-refractivity contribution < 1.29 is 4.39 Å². The monoisotopic (exact) mass is 260 g/mol. The molecular weight excluding hydrogens is 239 g/mol. The topological polar surface area (TPSA) is 29.3 Å². The number of piperidine rings is 1. The van der Waals surface area contributed by atoms with Crippen LogP contribution >= 0.6 is 0 Å². The van der Waals surface area contributed by atoms with Crippen LogP contribution in [-0.4, -0.2) is 24.5 Å². The normalized spacial score (nSPS) is 17.0. The summed E-state index contributed by atoms with van der Waals surface area (Å²) in [4.78, 5) is 2.32. The molecule has 3 heteroatoms. The molecule has 2 N–H and O–H groups in total. The molecule has 19 heavy (non-hydrogen) atoms. The van der Waals surface area contributed by atoms with Gasteiger partial charge in [0, 0.05) is 17.7 Å². The minimum Gasteiger partial charge on any atom is -0.320 e. The first kappa shape index (κ1) is 14.0. The van der Waals surface area contributed by atoms with E-state index >= 15 is 0 Å². The fourth-order valence-electron chi connectivity index (χ4n) is 2.37. The summed E-state index contributed by atoms with van der Waals surface area (Å²) in [7, 11) is 0. The highest BCUT2D eigenvalue weighted by Crippen LogP contribution is 2.19. The number of benzene rings is 1. The lowest BCUT2D eigenvalue weighted by molar-refractivity contribution is 0.183. The summed E-state index contributed by atoms with van der Waals surface area (Å²) in [5.41, 5.74) is 6.76. The van der Waals surface area contributed by atoms with Crippen molar-refractivity contribution in [3.63, 3.8) is 0 Å². The lowest BCUT2D eigenvalue weighted by Crippen LogP contribution is -2.32. The summed E-state index contributed by atoms with van der Waals surface area (Å²) < 4.78 is 14.0. The van der Waals surface area contributed by atoms with Crippen LogP contribution in [0.1, 0.15) is 30.9 Å². The SMILES string of the molecule is CC1CCN(Cc2ccc(C#CCN)cc2F)CC1. The molecule has 1 fully saturated rings. The van der Waals surface area contributed by atoms with Gasteiger partial charge in [0.1, 0.15) is 5.82 Å². The molecule has 1 heterocycles. The van der Waals surface area contributed by atoms with Crippen LogP contribution in [0.25, 0.3) is 0 Å². The minimum atomic E-state index is -0.164. The van der Waals surface area contributed by atoms with E-state index in [1.807, 2.05) is 12.1 Å². The summed E-state index contributed by atoms with van der Waals surface area (Å²) >= 11 is 0. The van der Waals surface area contributed by atoms with Crippen LogP contribution in [0.4, 0.5) is 4.39 Å². The molecule has 1 saturated heterocycles. The predicted octanol–water partition coefficient (Wildman–Crippen LogP) is 2.37. The number of hydrogen-bond donors (Lipinski definition) is 1. The second-order valence-corrected chi connectivity index (χ2v) is 5.27. The van der Waals surface area contributed by atoms with E-state index in [9.17, 15) is 4.39 Å². The van der Waals surface area contributed by atoms with E-state index in [0.29, 0.717) is 18.7 Å². The average molecular weight is 260 g/mol. The van der Waals surface area contributed by atoms with Crippen molar-refractivity contribution in [2.45, 2.75) is 26.3 Å². The second-order valence-electron chi connectivity index (χ2n) is 5.27. The smallest absolute Gasteiger partial charge is 0.128 e. The molecule has 0 amide bonds. The summed E-state index contributed by atoms with van der Waals surface area (Å²) in [5, 5.41) is 0. The third-order valence-electron chi connectivity index (χ3n) is 3.66. The van der Waals surface area contributed by atoms with Gasteiger partial charge in [0.2, 0.25) is 0 Å². The zero-order valence-electron chi connectivity index (χ0n) is 11.5. The molecule has 0 spiro atoms. The number of nitrogens with two attached hydrogens (primary N) is 1. The van der Waals surface area contributed by atoms with Crippen molar-refractivity contribution in [3.8, 4) is 11.8 Å². The van der Waals surface area contributed by atoms with Crippen molar-refractivity contribution in [1.29, 1.82) is 0 Å². The standard InChI is InChI=1S/C16H21FN2/c1-13-6-9-19(10-7-13)12-15-5-4-14(3-2-8-18)11-16(15)17/h4-5,11,13H,6-10,12,18H2,1H3. The number of likely N-dealkylation sites (tertiary alicyclic amines) is 1. The fraction of sp³-hybridized carbons (Fsp3) is 0.500. The maximum atomic E-state index is 14.0. The maximum Gasteiger partial charge on any atom is 0.128 e. The van der Waals surface area contributed by atoms with Gasteiger partial charge in [0.05, 0.1) is 6.54 Å². The molecule has 0 unspecified atom stereocenters. The van der Waals surface area contributed by atoms with Gasteiger partial charge < -0.3 is 5.73 Å². The van der Waals surface area contributed by atoms with Gasteiger partial charge in [-0.3, -0.25) is 4.90 Å². The Morgan fingerprint density at radius 3 is 2.74 bits per heavy atom. The van der Waals surface area contributed by atoms with Gasteiger partial charge in [-0.15, -0.1) is 0 Å². The quantitative estimate of drug-likeness (QED) is 0.827. The zero-order valence-corrected chi connectivity index (χ0v) is 11.5. The molecular formula is C16H21FN2. The van der Waals surface area contributed by atoms with Crippen LogP contribution in [0.15, 0.2) is 18.2 Å². The Hall–Kier alpha value is -1.37. The largest absolute Gasteiger partial charge is 0.320 e. The molecule has 1 aliphatic rings. The molecule has 1 aromatic rings. The second kappa shape index (κ2) is 6.70. The molecule has 2 rings (SSSR count). The van der Waals surface area contributed by atoms with E-state index in [1.54, 1.807) is 0 Å². The average Bonchev–Trinajstić information content (AvgIpc) is 2.41. The van der Waals surface area contributed by atoms with Crippen LogP contribution in [0, 0.1) is 23.6 Å². The lowest BCUT2D eigenvalue weighted by Gasteiger charge is -2.30. The molecule has 1 aromatic carbocycles. The first-order valence-corrected chi connectivity index (χ1v) is 6.88. The molecule has 0 atom stereocenters. The van der Waals surface area contributed by atoms with E-state index < -0.39 is 0 Å². The molecule has 2 nitrogen and oxygen atoms in total.